The molecule has 0 heterocycles. The van der Waals surface area contributed by atoms with Crippen molar-refractivity contribution < 1.29 is 13.6 Å². The highest BCUT2D eigenvalue weighted by atomic mass is 19.1. The van der Waals surface area contributed by atoms with Crippen molar-refractivity contribution in [3.05, 3.63) is 35.4 Å². The Labute approximate surface area is 94.5 Å². The Morgan fingerprint density at radius 1 is 1.25 bits per heavy atom. The zero-order chi connectivity index (χ0) is 12.3. The van der Waals surface area contributed by atoms with E-state index in [0.29, 0.717) is 6.42 Å². The second-order valence-corrected chi connectivity index (χ2v) is 5.11. The van der Waals surface area contributed by atoms with Gasteiger partial charge in [0.05, 0.1) is 5.56 Å². The van der Waals surface area contributed by atoms with E-state index in [2.05, 4.69) is 0 Å². The van der Waals surface area contributed by atoms with E-state index < -0.39 is 11.6 Å². The molecule has 0 saturated heterocycles. The van der Waals surface area contributed by atoms with Crippen LogP contribution in [0.2, 0.25) is 0 Å². The standard InChI is InChI=1S/C13H16F2O/c1-13(2,3)7-6-12(16)10-5-4-9(14)8-11(10)15/h4-5,8H,6-7H2,1-3H3. The third kappa shape index (κ3) is 3.72. The van der Waals surface area contributed by atoms with Crippen molar-refractivity contribution in [2.45, 2.75) is 33.6 Å². The lowest BCUT2D eigenvalue weighted by molar-refractivity contribution is 0.0962. The van der Waals surface area contributed by atoms with Crippen molar-refractivity contribution in [2.24, 2.45) is 5.41 Å². The third-order valence-electron chi connectivity index (χ3n) is 2.33. The molecule has 0 bridgehead atoms. The molecule has 0 aliphatic carbocycles. The fourth-order valence-electron chi connectivity index (χ4n) is 1.34. The Kier molecular flexibility index (Phi) is 3.79. The van der Waals surface area contributed by atoms with Gasteiger partial charge in [-0.1, -0.05) is 20.8 Å². The van der Waals surface area contributed by atoms with Gasteiger partial charge in [0.25, 0.3) is 0 Å². The molecule has 0 aliphatic heterocycles. The molecule has 0 radical (unpaired) electrons. The average Bonchev–Trinajstić information content (AvgIpc) is 2.13. The number of benzene rings is 1. The van der Waals surface area contributed by atoms with Crippen LogP contribution in [-0.2, 0) is 0 Å². The lowest BCUT2D eigenvalue weighted by atomic mass is 9.88. The first kappa shape index (κ1) is 12.8. The molecule has 0 saturated carbocycles. The third-order valence-corrected chi connectivity index (χ3v) is 2.33. The normalized spacial score (nSPS) is 11.6. The summed E-state index contributed by atoms with van der Waals surface area (Å²) in [5.41, 5.74) is 0.0113. The molecule has 0 unspecified atom stereocenters. The van der Waals surface area contributed by atoms with Crippen LogP contribution in [0.4, 0.5) is 8.78 Å². The molecular formula is C13H16F2O. The Morgan fingerprint density at radius 3 is 2.38 bits per heavy atom. The molecule has 3 heteroatoms. The monoisotopic (exact) mass is 226 g/mol. The molecule has 0 aliphatic rings. The summed E-state index contributed by atoms with van der Waals surface area (Å²) in [5.74, 6) is -1.71. The van der Waals surface area contributed by atoms with Crippen LogP contribution >= 0.6 is 0 Å². The quantitative estimate of drug-likeness (QED) is 0.712. The van der Waals surface area contributed by atoms with Gasteiger partial charge in [-0.3, -0.25) is 4.79 Å². The van der Waals surface area contributed by atoms with Crippen molar-refractivity contribution in [3.8, 4) is 0 Å². The van der Waals surface area contributed by atoms with Crippen molar-refractivity contribution in [1.82, 2.24) is 0 Å². The Bertz CT molecular complexity index is 391. The smallest absolute Gasteiger partial charge is 0.165 e. The molecule has 1 aromatic rings. The van der Waals surface area contributed by atoms with E-state index in [1.165, 1.54) is 6.07 Å². The number of rotatable bonds is 3. The Morgan fingerprint density at radius 2 is 1.88 bits per heavy atom. The van der Waals surface area contributed by atoms with Crippen LogP contribution in [0, 0.1) is 17.0 Å². The minimum Gasteiger partial charge on any atom is -0.294 e. The molecule has 0 aromatic heterocycles. The lowest BCUT2D eigenvalue weighted by Crippen LogP contribution is -2.10. The van der Waals surface area contributed by atoms with Gasteiger partial charge in [-0.2, -0.15) is 0 Å². The van der Waals surface area contributed by atoms with E-state index in [9.17, 15) is 13.6 Å². The first-order chi connectivity index (χ1) is 7.29. The van der Waals surface area contributed by atoms with Crippen molar-refractivity contribution in [2.75, 3.05) is 0 Å². The van der Waals surface area contributed by atoms with Crippen LogP contribution in [0.5, 0.6) is 0 Å². The minimum absolute atomic E-state index is 0.0225. The maximum atomic E-state index is 13.3. The second kappa shape index (κ2) is 4.73. The van der Waals surface area contributed by atoms with Gasteiger partial charge >= 0.3 is 0 Å². The first-order valence-electron chi connectivity index (χ1n) is 5.28. The number of Topliss-reactive ketones (excluding diaryl/α,β-unsaturated/α-hetero) is 1. The molecule has 0 amide bonds. The Balaban J connectivity index is 2.74. The molecule has 1 rings (SSSR count). The molecule has 16 heavy (non-hydrogen) atoms. The number of ketones is 1. The van der Waals surface area contributed by atoms with Crippen LogP contribution in [0.1, 0.15) is 44.0 Å². The molecule has 1 nitrogen and oxygen atoms in total. The predicted octanol–water partition coefficient (Wildman–Crippen LogP) is 3.97. The fourth-order valence-corrected chi connectivity index (χ4v) is 1.34. The van der Waals surface area contributed by atoms with Gasteiger partial charge in [0, 0.05) is 12.5 Å². The number of carbonyl (C=O) groups is 1. The zero-order valence-corrected chi connectivity index (χ0v) is 9.81. The summed E-state index contributed by atoms with van der Waals surface area (Å²) in [6.45, 7) is 6.05. The zero-order valence-electron chi connectivity index (χ0n) is 9.81. The van der Waals surface area contributed by atoms with Crippen molar-refractivity contribution in [1.29, 1.82) is 0 Å². The van der Waals surface area contributed by atoms with Gasteiger partial charge in [0.15, 0.2) is 5.78 Å². The van der Waals surface area contributed by atoms with Gasteiger partial charge < -0.3 is 0 Å². The van der Waals surface area contributed by atoms with Crippen molar-refractivity contribution >= 4 is 5.78 Å². The number of hydrogen-bond acceptors (Lipinski definition) is 1. The molecule has 0 N–H and O–H groups in total. The van der Waals surface area contributed by atoms with E-state index in [-0.39, 0.29) is 23.2 Å². The van der Waals surface area contributed by atoms with E-state index in [0.717, 1.165) is 12.1 Å². The summed E-state index contributed by atoms with van der Waals surface area (Å²) >= 11 is 0. The molecule has 1 aromatic carbocycles. The van der Waals surface area contributed by atoms with Gasteiger partial charge in [-0.15, -0.1) is 0 Å². The number of hydrogen-bond donors (Lipinski definition) is 0. The second-order valence-electron chi connectivity index (χ2n) is 5.11. The fraction of sp³-hybridized carbons (Fsp3) is 0.462. The summed E-state index contributed by atoms with van der Waals surface area (Å²) in [5, 5.41) is 0. The van der Waals surface area contributed by atoms with Crippen LogP contribution < -0.4 is 0 Å². The number of halogens is 2. The van der Waals surface area contributed by atoms with Crippen LogP contribution in [-0.4, -0.2) is 5.78 Å². The van der Waals surface area contributed by atoms with Gasteiger partial charge in [0.1, 0.15) is 11.6 Å². The van der Waals surface area contributed by atoms with Crippen LogP contribution in [0.15, 0.2) is 18.2 Å². The minimum atomic E-state index is -0.779. The van der Waals surface area contributed by atoms with Crippen LogP contribution in [0.3, 0.4) is 0 Å². The Hall–Kier alpha value is -1.25. The van der Waals surface area contributed by atoms with Crippen LogP contribution in [0.25, 0.3) is 0 Å². The molecule has 88 valence electrons. The van der Waals surface area contributed by atoms with E-state index in [1.807, 2.05) is 20.8 Å². The predicted molar refractivity (Wildman–Crippen MR) is 59.4 cm³/mol. The molecule has 0 spiro atoms. The summed E-state index contributed by atoms with van der Waals surface area (Å²) in [6, 6.07) is 3.05. The van der Waals surface area contributed by atoms with E-state index >= 15 is 0 Å². The summed E-state index contributed by atoms with van der Waals surface area (Å²) in [6.07, 6.45) is 0.967. The topological polar surface area (TPSA) is 17.1 Å². The van der Waals surface area contributed by atoms with Gasteiger partial charge in [0.2, 0.25) is 0 Å². The first-order valence-corrected chi connectivity index (χ1v) is 5.28. The van der Waals surface area contributed by atoms with Gasteiger partial charge in [-0.25, -0.2) is 8.78 Å². The van der Waals surface area contributed by atoms with Gasteiger partial charge in [-0.05, 0) is 24.0 Å². The highest BCUT2D eigenvalue weighted by Gasteiger charge is 2.16. The lowest BCUT2D eigenvalue weighted by Gasteiger charge is -2.17. The summed E-state index contributed by atoms with van der Waals surface area (Å²) in [4.78, 5) is 11.7. The highest BCUT2D eigenvalue weighted by Crippen LogP contribution is 2.22. The molecule has 0 fully saturated rings. The maximum absolute atomic E-state index is 13.3. The van der Waals surface area contributed by atoms with E-state index in [4.69, 9.17) is 0 Å². The summed E-state index contributed by atoms with van der Waals surface area (Å²) < 4.78 is 25.9. The maximum Gasteiger partial charge on any atom is 0.165 e. The summed E-state index contributed by atoms with van der Waals surface area (Å²) in [7, 11) is 0. The molecule has 0 atom stereocenters. The average molecular weight is 226 g/mol. The highest BCUT2D eigenvalue weighted by molar-refractivity contribution is 5.96. The SMILES string of the molecule is CC(C)(C)CCC(=O)c1ccc(F)cc1F. The number of carbonyl (C=O) groups excluding carboxylic acids is 1. The molecular weight excluding hydrogens is 210 g/mol. The largest absolute Gasteiger partial charge is 0.294 e. The van der Waals surface area contributed by atoms with Crippen molar-refractivity contribution in [3.63, 3.8) is 0 Å². The van der Waals surface area contributed by atoms with E-state index in [1.54, 1.807) is 0 Å².